The Labute approximate surface area is 103 Å². The summed E-state index contributed by atoms with van der Waals surface area (Å²) in [6.07, 6.45) is -0.0543. The number of fused-ring (bicyclic) bond motifs is 1. The van der Waals surface area contributed by atoms with E-state index >= 15 is 0 Å². The van der Waals surface area contributed by atoms with Gasteiger partial charge in [-0.25, -0.2) is 4.79 Å². The number of nitrogens with zero attached hydrogens (tertiary/aromatic N) is 4. The molecule has 0 unspecified atom stereocenters. The molecule has 7 nitrogen and oxygen atoms in total. The third-order valence-corrected chi connectivity index (χ3v) is 2.76. The highest BCUT2D eigenvalue weighted by molar-refractivity contribution is 5.71. The largest absolute Gasteiger partial charge is 0.462 e. The average molecular weight is 252 g/mol. The Morgan fingerprint density at radius 2 is 1.67 bits per heavy atom. The first kappa shape index (κ1) is 12.4. The smallest absolute Gasteiger partial charge is 0.332 e. The molecule has 7 heteroatoms. The van der Waals surface area contributed by atoms with Gasteiger partial charge in [-0.2, -0.15) is 4.98 Å². The van der Waals surface area contributed by atoms with Crippen molar-refractivity contribution >= 4 is 11.2 Å². The fourth-order valence-electron chi connectivity index (χ4n) is 1.87. The zero-order valence-electron chi connectivity index (χ0n) is 11.1. The number of aryl methyl sites for hydroxylation is 2. The van der Waals surface area contributed by atoms with E-state index in [4.69, 9.17) is 4.74 Å². The summed E-state index contributed by atoms with van der Waals surface area (Å²) in [5.41, 5.74) is -0.106. The lowest BCUT2D eigenvalue weighted by molar-refractivity contribution is 0.216. The van der Waals surface area contributed by atoms with Gasteiger partial charge in [-0.1, -0.05) is 0 Å². The first-order valence-electron chi connectivity index (χ1n) is 5.63. The molecule has 0 N–H and O–H groups in total. The number of hydrogen-bond donors (Lipinski definition) is 0. The maximum Gasteiger partial charge on any atom is 0.332 e. The number of ether oxygens (including phenoxy) is 1. The summed E-state index contributed by atoms with van der Waals surface area (Å²) in [6.45, 7) is 3.74. The molecule has 0 atom stereocenters. The van der Waals surface area contributed by atoms with Crippen LogP contribution in [-0.4, -0.2) is 24.8 Å². The van der Waals surface area contributed by atoms with Gasteiger partial charge in [-0.05, 0) is 13.8 Å². The van der Waals surface area contributed by atoms with E-state index in [-0.39, 0.29) is 17.3 Å². The van der Waals surface area contributed by atoms with Gasteiger partial charge in [0.25, 0.3) is 11.6 Å². The summed E-state index contributed by atoms with van der Waals surface area (Å²) < 4.78 is 9.54. The van der Waals surface area contributed by atoms with Crippen molar-refractivity contribution in [3.8, 4) is 6.01 Å². The van der Waals surface area contributed by atoms with Gasteiger partial charge in [0.2, 0.25) is 0 Å². The van der Waals surface area contributed by atoms with E-state index in [9.17, 15) is 9.59 Å². The lowest BCUT2D eigenvalue weighted by Gasteiger charge is -2.09. The Hall–Kier alpha value is -2.05. The molecule has 0 aliphatic carbocycles. The van der Waals surface area contributed by atoms with Crippen LogP contribution in [0.15, 0.2) is 9.59 Å². The Balaban J connectivity index is 2.89. The van der Waals surface area contributed by atoms with Gasteiger partial charge in [0, 0.05) is 21.1 Å². The molecule has 0 spiro atoms. The second-order valence-electron chi connectivity index (χ2n) is 4.50. The first-order valence-corrected chi connectivity index (χ1v) is 5.63. The van der Waals surface area contributed by atoms with Crippen LogP contribution >= 0.6 is 0 Å². The Morgan fingerprint density at radius 3 is 2.22 bits per heavy atom. The fraction of sp³-hybridized carbons (Fsp3) is 0.545. The molecular formula is C11H16N4O3. The molecule has 2 heterocycles. The average Bonchev–Trinajstić information content (AvgIpc) is 2.61. The molecule has 0 bridgehead atoms. The van der Waals surface area contributed by atoms with Crippen LogP contribution in [0.25, 0.3) is 11.2 Å². The number of imidazole rings is 1. The highest BCUT2D eigenvalue weighted by Crippen LogP contribution is 2.16. The van der Waals surface area contributed by atoms with E-state index in [2.05, 4.69) is 4.98 Å². The normalized spacial score (nSPS) is 11.4. The summed E-state index contributed by atoms with van der Waals surface area (Å²) in [7, 11) is 4.75. The summed E-state index contributed by atoms with van der Waals surface area (Å²) in [5.74, 6) is 0. The van der Waals surface area contributed by atoms with E-state index in [0.717, 1.165) is 4.57 Å². The molecule has 2 aromatic rings. The molecule has 0 aromatic carbocycles. The van der Waals surface area contributed by atoms with Crippen LogP contribution in [-0.2, 0) is 21.1 Å². The van der Waals surface area contributed by atoms with Crippen LogP contribution in [0.5, 0.6) is 6.01 Å². The maximum atomic E-state index is 12.0. The van der Waals surface area contributed by atoms with Gasteiger partial charge in [-0.3, -0.25) is 18.5 Å². The molecular weight excluding hydrogens is 236 g/mol. The zero-order valence-corrected chi connectivity index (χ0v) is 11.1. The molecule has 0 aliphatic rings. The molecule has 0 amide bonds. The topological polar surface area (TPSA) is 71.1 Å². The van der Waals surface area contributed by atoms with Crippen molar-refractivity contribution in [2.24, 2.45) is 21.1 Å². The van der Waals surface area contributed by atoms with E-state index < -0.39 is 5.56 Å². The third kappa shape index (κ3) is 1.62. The van der Waals surface area contributed by atoms with Crippen molar-refractivity contribution < 1.29 is 4.74 Å². The number of hydrogen-bond acceptors (Lipinski definition) is 4. The van der Waals surface area contributed by atoms with Crippen molar-refractivity contribution in [1.82, 2.24) is 18.7 Å². The van der Waals surface area contributed by atoms with Gasteiger partial charge < -0.3 is 4.74 Å². The second kappa shape index (κ2) is 4.01. The predicted octanol–water partition coefficient (Wildman–Crippen LogP) is -0.242. The minimum atomic E-state index is -0.415. The molecule has 98 valence electrons. The fourth-order valence-corrected chi connectivity index (χ4v) is 1.87. The van der Waals surface area contributed by atoms with Crippen LogP contribution in [0.4, 0.5) is 0 Å². The van der Waals surface area contributed by atoms with E-state index in [1.54, 1.807) is 18.7 Å². The highest BCUT2D eigenvalue weighted by Gasteiger charge is 2.18. The molecule has 0 saturated heterocycles. The molecule has 0 radical (unpaired) electrons. The molecule has 0 fully saturated rings. The Kier molecular flexibility index (Phi) is 2.76. The van der Waals surface area contributed by atoms with E-state index in [1.807, 2.05) is 13.8 Å². The lowest BCUT2D eigenvalue weighted by Crippen LogP contribution is -2.37. The highest BCUT2D eigenvalue weighted by atomic mass is 16.5. The van der Waals surface area contributed by atoms with Crippen molar-refractivity contribution in [3.63, 3.8) is 0 Å². The van der Waals surface area contributed by atoms with Crippen LogP contribution in [0.2, 0.25) is 0 Å². The summed E-state index contributed by atoms with van der Waals surface area (Å²) >= 11 is 0. The number of aromatic nitrogens is 4. The van der Waals surface area contributed by atoms with Gasteiger partial charge >= 0.3 is 5.69 Å². The Morgan fingerprint density at radius 1 is 1.06 bits per heavy atom. The first-order chi connectivity index (χ1) is 8.34. The summed E-state index contributed by atoms with van der Waals surface area (Å²) in [4.78, 5) is 28.0. The van der Waals surface area contributed by atoms with Gasteiger partial charge in [0.15, 0.2) is 11.2 Å². The monoisotopic (exact) mass is 252 g/mol. The summed E-state index contributed by atoms with van der Waals surface area (Å²) in [6, 6.07) is 0.332. The van der Waals surface area contributed by atoms with Crippen molar-refractivity contribution in [2.45, 2.75) is 20.0 Å². The number of rotatable bonds is 2. The summed E-state index contributed by atoms with van der Waals surface area (Å²) in [5, 5.41) is 0. The quantitative estimate of drug-likeness (QED) is 0.739. The Bertz CT molecular complexity index is 720. The second-order valence-corrected chi connectivity index (χ2v) is 4.50. The predicted molar refractivity (Wildman–Crippen MR) is 67.0 cm³/mol. The van der Waals surface area contributed by atoms with E-state index in [0.29, 0.717) is 11.7 Å². The molecule has 0 aliphatic heterocycles. The van der Waals surface area contributed by atoms with Crippen LogP contribution < -0.4 is 16.0 Å². The van der Waals surface area contributed by atoms with Gasteiger partial charge in [0.05, 0.1) is 6.10 Å². The van der Waals surface area contributed by atoms with Crippen LogP contribution in [0, 0.1) is 0 Å². The molecule has 0 saturated carbocycles. The van der Waals surface area contributed by atoms with Gasteiger partial charge in [0.1, 0.15) is 0 Å². The van der Waals surface area contributed by atoms with Crippen LogP contribution in [0.3, 0.4) is 0 Å². The SMILES string of the molecule is CC(C)Oc1nc2c(=O)n(C)c(=O)n(C)c2n1C. The molecule has 18 heavy (non-hydrogen) atoms. The van der Waals surface area contributed by atoms with Crippen molar-refractivity contribution in [1.29, 1.82) is 0 Å². The third-order valence-electron chi connectivity index (χ3n) is 2.76. The minimum Gasteiger partial charge on any atom is -0.462 e. The van der Waals surface area contributed by atoms with Gasteiger partial charge in [-0.15, -0.1) is 0 Å². The maximum absolute atomic E-state index is 12.0. The van der Waals surface area contributed by atoms with Crippen molar-refractivity contribution in [3.05, 3.63) is 20.8 Å². The lowest BCUT2D eigenvalue weighted by atomic mass is 10.5. The standard InChI is InChI=1S/C11H16N4O3/c1-6(2)18-10-12-7-8(13(10)3)14(4)11(17)15(5)9(7)16/h6H,1-5H3. The van der Waals surface area contributed by atoms with E-state index in [1.165, 1.54) is 11.6 Å². The van der Waals surface area contributed by atoms with Crippen molar-refractivity contribution in [2.75, 3.05) is 0 Å². The minimum absolute atomic E-state index is 0.0543. The van der Waals surface area contributed by atoms with Crippen LogP contribution in [0.1, 0.15) is 13.8 Å². The molecule has 2 aromatic heterocycles. The molecule has 2 rings (SSSR count). The zero-order chi connectivity index (χ0) is 13.6.